The Kier molecular flexibility index (Phi) is 52.0. The van der Waals surface area contributed by atoms with E-state index in [2.05, 4.69) is 148 Å². The molecule has 5 heteroatoms. The highest BCUT2D eigenvalue weighted by Crippen LogP contribution is 2.13. The molecular weight excluding hydrogens is 813 g/mol. The third kappa shape index (κ3) is 52.7. The van der Waals surface area contributed by atoms with Gasteiger partial charge in [0.2, 0.25) is 0 Å². The average Bonchev–Trinajstić information content (AvgIpc) is 3.32. The molecule has 1 atom stereocenters. The monoisotopic (exact) mass is 911 g/mol. The molecule has 0 aromatic carbocycles. The maximum atomic E-state index is 12.3. The highest BCUT2D eigenvalue weighted by molar-refractivity contribution is 5.70. The van der Waals surface area contributed by atoms with Gasteiger partial charge in [-0.3, -0.25) is 9.59 Å². The van der Waals surface area contributed by atoms with Gasteiger partial charge in [-0.25, -0.2) is 0 Å². The van der Waals surface area contributed by atoms with Crippen molar-refractivity contribution in [3.63, 3.8) is 0 Å². The summed E-state index contributed by atoms with van der Waals surface area (Å²) in [5.74, 6) is -0.621. The van der Waals surface area contributed by atoms with Crippen LogP contribution < -0.4 is 0 Å². The lowest BCUT2D eigenvalue weighted by Crippen LogP contribution is -2.28. The molecule has 5 nitrogen and oxygen atoms in total. The Morgan fingerprint density at radius 2 is 0.652 bits per heavy atom. The fourth-order valence-electron chi connectivity index (χ4n) is 6.93. The van der Waals surface area contributed by atoms with E-state index in [0.29, 0.717) is 12.8 Å². The molecule has 0 aliphatic rings. The van der Waals surface area contributed by atoms with Crippen LogP contribution in [0.15, 0.2) is 134 Å². The molecule has 1 N–H and O–H groups in total. The first kappa shape index (κ1) is 62.0. The van der Waals surface area contributed by atoms with Gasteiger partial charge in [-0.1, -0.05) is 225 Å². The van der Waals surface area contributed by atoms with Crippen molar-refractivity contribution in [3.05, 3.63) is 134 Å². The highest BCUT2D eigenvalue weighted by Gasteiger charge is 2.16. The smallest absolute Gasteiger partial charge is 0.306 e. The summed E-state index contributed by atoms with van der Waals surface area (Å²) in [6.45, 7) is 3.98. The number of esters is 2. The van der Waals surface area contributed by atoms with Crippen molar-refractivity contribution >= 4 is 11.9 Å². The quantitative estimate of drug-likeness (QED) is 0.0374. The molecule has 0 aliphatic heterocycles. The van der Waals surface area contributed by atoms with E-state index in [-0.39, 0.29) is 25.2 Å². The van der Waals surface area contributed by atoms with Gasteiger partial charge in [0.15, 0.2) is 6.10 Å². The van der Waals surface area contributed by atoms with Crippen molar-refractivity contribution in [1.29, 1.82) is 0 Å². The largest absolute Gasteiger partial charge is 0.462 e. The summed E-state index contributed by atoms with van der Waals surface area (Å²) in [6, 6.07) is 0. The molecule has 0 heterocycles. The van der Waals surface area contributed by atoms with Gasteiger partial charge in [0, 0.05) is 12.8 Å². The van der Waals surface area contributed by atoms with Crippen molar-refractivity contribution in [2.75, 3.05) is 13.2 Å². The summed E-state index contributed by atoms with van der Waals surface area (Å²) in [7, 11) is 0. The maximum Gasteiger partial charge on any atom is 0.306 e. The first-order valence-corrected chi connectivity index (χ1v) is 26.7. The Balaban J connectivity index is 3.63. The Bertz CT molecular complexity index is 1400. The number of unbranched alkanes of at least 4 members (excludes halogenated alkanes) is 17. The van der Waals surface area contributed by atoms with Gasteiger partial charge in [-0.15, -0.1) is 0 Å². The summed E-state index contributed by atoms with van der Waals surface area (Å²) in [4.78, 5) is 24.5. The van der Waals surface area contributed by atoms with Crippen LogP contribution >= 0.6 is 0 Å². The number of carbonyl (C=O) groups is 2. The normalized spacial score (nSPS) is 13.3. The Morgan fingerprint density at radius 1 is 0.364 bits per heavy atom. The van der Waals surface area contributed by atoms with E-state index in [1.807, 2.05) is 0 Å². The SMILES string of the molecule is CC/C=C\C/C=C\C/C=C\C/C=C\C/C=C\C/C=C\C/C=C\C/C=C\C/C=C\CCCCCCCCCC(=O)OC(CO)COC(=O)CCCCCCCCC/C=C\C/C=C\CCCCC. The van der Waals surface area contributed by atoms with Crippen molar-refractivity contribution in [2.45, 2.75) is 225 Å². The van der Waals surface area contributed by atoms with Crippen molar-refractivity contribution < 1.29 is 24.2 Å². The standard InChI is InChI=1S/C61H98O5/c1-3-5-7-9-11-13-15-17-19-21-22-23-24-25-26-27-28-29-30-31-32-33-34-35-36-37-38-40-42-44-46-48-50-52-54-56-61(64)66-59(57-62)58-65-60(63)55-53-51-49-47-45-43-41-39-20-18-16-14-12-10-8-6-4-2/h5,7,11-14,17-20,22-23,25-26,28-29,31-32,34-35,37-38,59,62H,3-4,6,8-10,15-16,21,24,27,30,33,36,39-58H2,1-2H3/b7-5-,13-11-,14-12-,19-17-,20-18-,23-22-,26-25-,29-28-,32-31-,35-34-,38-37-. The van der Waals surface area contributed by atoms with Gasteiger partial charge in [0.1, 0.15) is 6.61 Å². The van der Waals surface area contributed by atoms with Gasteiger partial charge in [-0.2, -0.15) is 0 Å². The summed E-state index contributed by atoms with van der Waals surface area (Å²) < 4.78 is 10.7. The minimum Gasteiger partial charge on any atom is -0.462 e. The van der Waals surface area contributed by atoms with Crippen LogP contribution in [0.1, 0.15) is 219 Å². The predicted molar refractivity (Wildman–Crippen MR) is 288 cm³/mol. The second-order valence-corrected chi connectivity index (χ2v) is 17.2. The summed E-state index contributed by atoms with van der Waals surface area (Å²) in [5.41, 5.74) is 0. The zero-order valence-corrected chi connectivity index (χ0v) is 42.4. The lowest BCUT2D eigenvalue weighted by Gasteiger charge is -2.15. The fraction of sp³-hybridized carbons (Fsp3) is 0.607. The molecule has 0 amide bonds. The van der Waals surface area contributed by atoms with Gasteiger partial charge >= 0.3 is 11.9 Å². The molecular formula is C61H98O5. The van der Waals surface area contributed by atoms with E-state index in [4.69, 9.17) is 9.47 Å². The van der Waals surface area contributed by atoms with Crippen LogP contribution in [0.2, 0.25) is 0 Å². The second-order valence-electron chi connectivity index (χ2n) is 17.2. The number of aliphatic hydroxyl groups is 1. The van der Waals surface area contributed by atoms with Gasteiger partial charge in [0.25, 0.3) is 0 Å². The van der Waals surface area contributed by atoms with Gasteiger partial charge in [-0.05, 0) is 116 Å². The van der Waals surface area contributed by atoms with Gasteiger partial charge < -0.3 is 14.6 Å². The minimum absolute atomic E-state index is 0.0822. The van der Waals surface area contributed by atoms with Crippen LogP contribution in [0.4, 0.5) is 0 Å². The lowest BCUT2D eigenvalue weighted by atomic mass is 10.1. The van der Waals surface area contributed by atoms with Crippen molar-refractivity contribution in [3.8, 4) is 0 Å². The molecule has 0 saturated carbocycles. The fourth-order valence-corrected chi connectivity index (χ4v) is 6.93. The Morgan fingerprint density at radius 3 is 0.985 bits per heavy atom. The molecule has 0 radical (unpaired) electrons. The van der Waals surface area contributed by atoms with Crippen LogP contribution in [-0.4, -0.2) is 36.4 Å². The third-order valence-corrected chi connectivity index (χ3v) is 10.9. The molecule has 0 rings (SSSR count). The van der Waals surface area contributed by atoms with E-state index >= 15 is 0 Å². The summed E-state index contributed by atoms with van der Waals surface area (Å²) in [6.07, 6.45) is 82.6. The lowest BCUT2D eigenvalue weighted by molar-refractivity contribution is -0.161. The first-order valence-electron chi connectivity index (χ1n) is 26.7. The topological polar surface area (TPSA) is 72.8 Å². The zero-order valence-electron chi connectivity index (χ0n) is 42.4. The van der Waals surface area contributed by atoms with Crippen molar-refractivity contribution in [1.82, 2.24) is 0 Å². The van der Waals surface area contributed by atoms with Crippen LogP contribution in [0, 0.1) is 0 Å². The van der Waals surface area contributed by atoms with E-state index in [1.54, 1.807) is 0 Å². The number of carbonyl (C=O) groups excluding carboxylic acids is 2. The Labute approximate surface area is 406 Å². The number of hydrogen-bond donors (Lipinski definition) is 1. The molecule has 66 heavy (non-hydrogen) atoms. The Hall–Kier alpha value is -3.96. The molecule has 0 saturated heterocycles. The molecule has 0 aromatic heterocycles. The number of aliphatic hydroxyl groups excluding tert-OH is 1. The van der Waals surface area contributed by atoms with E-state index in [1.165, 1.54) is 77.0 Å². The zero-order chi connectivity index (χ0) is 47.7. The van der Waals surface area contributed by atoms with Crippen molar-refractivity contribution in [2.24, 2.45) is 0 Å². The van der Waals surface area contributed by atoms with Crippen LogP contribution in [0.5, 0.6) is 0 Å². The number of rotatable bonds is 47. The van der Waals surface area contributed by atoms with E-state index in [0.717, 1.165) is 116 Å². The van der Waals surface area contributed by atoms with E-state index in [9.17, 15) is 14.7 Å². The number of ether oxygens (including phenoxy) is 2. The predicted octanol–water partition coefficient (Wildman–Crippen LogP) is 18.1. The van der Waals surface area contributed by atoms with Crippen LogP contribution in [0.3, 0.4) is 0 Å². The molecule has 0 spiro atoms. The van der Waals surface area contributed by atoms with Crippen LogP contribution in [0.25, 0.3) is 0 Å². The molecule has 0 aromatic rings. The summed E-state index contributed by atoms with van der Waals surface area (Å²) >= 11 is 0. The molecule has 0 fully saturated rings. The molecule has 0 bridgehead atoms. The van der Waals surface area contributed by atoms with Gasteiger partial charge in [0.05, 0.1) is 6.61 Å². The molecule has 372 valence electrons. The van der Waals surface area contributed by atoms with E-state index < -0.39 is 6.10 Å². The second kappa shape index (κ2) is 55.4. The highest BCUT2D eigenvalue weighted by atomic mass is 16.6. The summed E-state index contributed by atoms with van der Waals surface area (Å²) in [5, 5.41) is 9.63. The maximum absolute atomic E-state index is 12.3. The molecule has 1 unspecified atom stereocenters. The third-order valence-electron chi connectivity index (χ3n) is 10.9. The number of hydrogen-bond acceptors (Lipinski definition) is 5. The molecule has 0 aliphatic carbocycles. The first-order chi connectivity index (χ1) is 32.6. The number of allylic oxidation sites excluding steroid dienone is 22. The minimum atomic E-state index is -0.791. The van der Waals surface area contributed by atoms with Crippen LogP contribution in [-0.2, 0) is 19.1 Å². The average molecular weight is 911 g/mol.